The summed E-state index contributed by atoms with van der Waals surface area (Å²) >= 11 is 0. The molecule has 0 spiro atoms. The van der Waals surface area contributed by atoms with Gasteiger partial charge in [-0.15, -0.1) is 0 Å². The number of aliphatic hydroxyl groups excluding tert-OH is 1. The topological polar surface area (TPSA) is 75.3 Å². The fraction of sp³-hybridized carbons (Fsp3) is 0.500. The molecule has 2 rings (SSSR count). The molecule has 0 saturated heterocycles. The Labute approximate surface area is 118 Å². The third-order valence-electron chi connectivity index (χ3n) is 2.88. The fourth-order valence-electron chi connectivity index (χ4n) is 1.98. The maximum atomic E-state index is 9.16. The van der Waals surface area contributed by atoms with Crippen LogP contribution < -0.4 is 0 Å². The first-order valence-corrected chi connectivity index (χ1v) is 6.85. The van der Waals surface area contributed by atoms with Crippen molar-refractivity contribution in [3.8, 4) is 0 Å². The highest BCUT2D eigenvalue weighted by molar-refractivity contribution is 5.08. The number of aryl methyl sites for hydroxylation is 1. The van der Waals surface area contributed by atoms with Gasteiger partial charge in [0.2, 0.25) is 5.89 Å². The van der Waals surface area contributed by atoms with Crippen LogP contribution in [0.1, 0.15) is 30.6 Å². The van der Waals surface area contributed by atoms with Crippen LogP contribution in [0.25, 0.3) is 0 Å². The molecule has 0 aromatic carbocycles. The van der Waals surface area contributed by atoms with Crippen LogP contribution in [0.3, 0.4) is 0 Å². The minimum atomic E-state index is 0.0972. The molecular formula is C14H20N4O2. The van der Waals surface area contributed by atoms with Crippen molar-refractivity contribution in [3.05, 3.63) is 41.8 Å². The van der Waals surface area contributed by atoms with E-state index in [1.54, 1.807) is 6.20 Å². The Bertz CT molecular complexity index is 501. The molecular weight excluding hydrogens is 256 g/mol. The molecule has 0 fully saturated rings. The minimum absolute atomic E-state index is 0.0972. The summed E-state index contributed by atoms with van der Waals surface area (Å²) in [6.45, 7) is 3.99. The maximum absolute atomic E-state index is 9.16. The molecule has 0 radical (unpaired) electrons. The molecule has 0 amide bonds. The molecule has 108 valence electrons. The Morgan fingerprint density at radius 2 is 2.25 bits per heavy atom. The summed E-state index contributed by atoms with van der Waals surface area (Å²) in [5.41, 5.74) is 1.10. The van der Waals surface area contributed by atoms with Crippen LogP contribution in [0.4, 0.5) is 0 Å². The van der Waals surface area contributed by atoms with E-state index in [0.29, 0.717) is 31.3 Å². The maximum Gasteiger partial charge on any atom is 0.226 e. The number of nitrogens with zero attached hydrogens (tertiary/aromatic N) is 4. The summed E-state index contributed by atoms with van der Waals surface area (Å²) in [5, 5.41) is 13.1. The van der Waals surface area contributed by atoms with Crippen molar-refractivity contribution in [3.63, 3.8) is 0 Å². The number of aromatic nitrogens is 3. The molecule has 0 aliphatic heterocycles. The van der Waals surface area contributed by atoms with E-state index in [9.17, 15) is 0 Å². The Hall–Kier alpha value is -1.79. The summed E-state index contributed by atoms with van der Waals surface area (Å²) in [6, 6.07) is 3.91. The van der Waals surface area contributed by atoms with Crippen LogP contribution >= 0.6 is 0 Å². The van der Waals surface area contributed by atoms with Gasteiger partial charge in [0, 0.05) is 31.9 Å². The van der Waals surface area contributed by atoms with E-state index in [-0.39, 0.29) is 6.61 Å². The van der Waals surface area contributed by atoms with E-state index in [2.05, 4.69) is 26.9 Å². The second kappa shape index (κ2) is 7.72. The standard InChI is InChI=1S/C14H20N4O2/c1-2-4-14-16-13(17-20-14)11-18(7-8-19)10-12-5-3-6-15-9-12/h3,5-6,9,19H,2,4,7-8,10-11H2,1H3. The smallest absolute Gasteiger partial charge is 0.226 e. The monoisotopic (exact) mass is 276 g/mol. The van der Waals surface area contributed by atoms with Crippen molar-refractivity contribution >= 4 is 0 Å². The summed E-state index contributed by atoms with van der Waals surface area (Å²) in [7, 11) is 0. The van der Waals surface area contributed by atoms with Crippen molar-refractivity contribution in [2.75, 3.05) is 13.2 Å². The number of aliphatic hydroxyl groups is 1. The van der Waals surface area contributed by atoms with Crippen molar-refractivity contribution < 1.29 is 9.63 Å². The van der Waals surface area contributed by atoms with Gasteiger partial charge in [-0.05, 0) is 18.1 Å². The van der Waals surface area contributed by atoms with Gasteiger partial charge in [-0.2, -0.15) is 4.98 Å². The molecule has 0 unspecified atom stereocenters. The molecule has 1 N–H and O–H groups in total. The van der Waals surface area contributed by atoms with Crippen LogP contribution in [-0.2, 0) is 19.5 Å². The number of hydrogen-bond acceptors (Lipinski definition) is 6. The highest BCUT2D eigenvalue weighted by Crippen LogP contribution is 2.08. The van der Waals surface area contributed by atoms with Crippen LogP contribution in [0.15, 0.2) is 29.0 Å². The minimum Gasteiger partial charge on any atom is -0.395 e. The van der Waals surface area contributed by atoms with Crippen LogP contribution in [0, 0.1) is 0 Å². The predicted octanol–water partition coefficient (Wildman–Crippen LogP) is 1.41. The van der Waals surface area contributed by atoms with Crippen LogP contribution in [-0.4, -0.2) is 38.3 Å². The molecule has 6 nitrogen and oxygen atoms in total. The number of rotatable bonds is 8. The Morgan fingerprint density at radius 3 is 2.95 bits per heavy atom. The molecule has 0 bridgehead atoms. The van der Waals surface area contributed by atoms with Gasteiger partial charge in [-0.3, -0.25) is 9.88 Å². The lowest BCUT2D eigenvalue weighted by molar-refractivity contribution is 0.179. The van der Waals surface area contributed by atoms with E-state index in [4.69, 9.17) is 9.63 Å². The van der Waals surface area contributed by atoms with E-state index in [0.717, 1.165) is 18.4 Å². The van der Waals surface area contributed by atoms with Crippen molar-refractivity contribution in [2.24, 2.45) is 0 Å². The average Bonchev–Trinajstić information content (AvgIpc) is 2.88. The summed E-state index contributed by atoms with van der Waals surface area (Å²) in [4.78, 5) is 10.5. The normalized spacial score (nSPS) is 11.2. The molecule has 0 saturated carbocycles. The molecule has 2 heterocycles. The lowest BCUT2D eigenvalue weighted by Crippen LogP contribution is -2.26. The molecule has 0 aliphatic rings. The van der Waals surface area contributed by atoms with Gasteiger partial charge in [-0.1, -0.05) is 18.1 Å². The van der Waals surface area contributed by atoms with E-state index < -0.39 is 0 Å². The quantitative estimate of drug-likeness (QED) is 0.785. The van der Waals surface area contributed by atoms with Gasteiger partial charge in [0.1, 0.15) is 0 Å². The highest BCUT2D eigenvalue weighted by atomic mass is 16.5. The second-order valence-electron chi connectivity index (χ2n) is 4.65. The summed E-state index contributed by atoms with van der Waals surface area (Å²) in [6.07, 6.45) is 5.35. The number of pyridine rings is 1. The zero-order valence-corrected chi connectivity index (χ0v) is 11.7. The summed E-state index contributed by atoms with van der Waals surface area (Å²) < 4.78 is 5.17. The highest BCUT2D eigenvalue weighted by Gasteiger charge is 2.11. The fourth-order valence-corrected chi connectivity index (χ4v) is 1.98. The summed E-state index contributed by atoms with van der Waals surface area (Å²) in [5.74, 6) is 1.33. The van der Waals surface area contributed by atoms with E-state index in [1.165, 1.54) is 0 Å². The molecule has 20 heavy (non-hydrogen) atoms. The third-order valence-corrected chi connectivity index (χ3v) is 2.88. The Morgan fingerprint density at radius 1 is 1.35 bits per heavy atom. The molecule has 0 atom stereocenters. The first-order chi connectivity index (χ1) is 9.81. The molecule has 6 heteroatoms. The van der Waals surface area contributed by atoms with Crippen molar-refractivity contribution in [1.29, 1.82) is 0 Å². The van der Waals surface area contributed by atoms with E-state index >= 15 is 0 Å². The van der Waals surface area contributed by atoms with Crippen molar-refractivity contribution in [2.45, 2.75) is 32.9 Å². The predicted molar refractivity (Wildman–Crippen MR) is 73.7 cm³/mol. The lowest BCUT2D eigenvalue weighted by atomic mass is 10.2. The zero-order valence-electron chi connectivity index (χ0n) is 11.7. The molecule has 2 aromatic rings. The largest absolute Gasteiger partial charge is 0.395 e. The van der Waals surface area contributed by atoms with Gasteiger partial charge >= 0.3 is 0 Å². The van der Waals surface area contributed by atoms with Gasteiger partial charge in [0.25, 0.3) is 0 Å². The first-order valence-electron chi connectivity index (χ1n) is 6.85. The van der Waals surface area contributed by atoms with Crippen molar-refractivity contribution in [1.82, 2.24) is 20.0 Å². The van der Waals surface area contributed by atoms with Crippen LogP contribution in [0.5, 0.6) is 0 Å². The number of hydrogen-bond donors (Lipinski definition) is 1. The van der Waals surface area contributed by atoms with Gasteiger partial charge in [-0.25, -0.2) is 0 Å². The second-order valence-corrected chi connectivity index (χ2v) is 4.65. The Balaban J connectivity index is 1.97. The van der Waals surface area contributed by atoms with Gasteiger partial charge < -0.3 is 9.63 Å². The molecule has 0 aliphatic carbocycles. The van der Waals surface area contributed by atoms with Gasteiger partial charge in [0.05, 0.1) is 13.2 Å². The first kappa shape index (κ1) is 14.6. The Kier molecular flexibility index (Phi) is 5.64. The SMILES string of the molecule is CCCc1nc(CN(CCO)Cc2cccnc2)no1. The zero-order chi connectivity index (χ0) is 14.2. The van der Waals surface area contributed by atoms with E-state index in [1.807, 2.05) is 18.3 Å². The van der Waals surface area contributed by atoms with Gasteiger partial charge in [0.15, 0.2) is 5.82 Å². The van der Waals surface area contributed by atoms with Crippen LogP contribution in [0.2, 0.25) is 0 Å². The lowest BCUT2D eigenvalue weighted by Gasteiger charge is -2.19. The molecule has 2 aromatic heterocycles. The average molecular weight is 276 g/mol. The third kappa shape index (κ3) is 4.40.